The summed E-state index contributed by atoms with van der Waals surface area (Å²) in [6, 6.07) is 32.2. The second-order valence-corrected chi connectivity index (χ2v) is 29.7. The van der Waals surface area contributed by atoms with Crippen molar-refractivity contribution < 1.29 is 183 Å². The van der Waals surface area contributed by atoms with Crippen LogP contribution in [0.3, 0.4) is 0 Å². The molecule has 0 fully saturated rings. The second-order valence-electron chi connectivity index (χ2n) is 21.3. The first kappa shape index (κ1) is 98.3. The van der Waals surface area contributed by atoms with Crippen LogP contribution < -0.4 is 160 Å². The minimum absolute atomic E-state index is 0. The van der Waals surface area contributed by atoms with Gasteiger partial charge >= 0.3 is 150 Å². The molecule has 0 radical (unpaired) electrons. The summed E-state index contributed by atoms with van der Waals surface area (Å²) in [4.78, 5) is 74.5. The average Bonchev–Trinajstić information content (AvgIpc) is 1.78. The first-order valence-electron chi connectivity index (χ1n) is 31.5. The molecule has 0 spiro atoms. The van der Waals surface area contributed by atoms with Gasteiger partial charge in [-0.1, -0.05) is 151 Å². The largest absolute Gasteiger partial charge is 1.00 e. The van der Waals surface area contributed by atoms with Crippen molar-refractivity contribution >= 4 is 201 Å². The van der Waals surface area contributed by atoms with Crippen molar-refractivity contribution in [2.75, 3.05) is 60.9 Å². The van der Waals surface area contributed by atoms with Crippen LogP contribution in [0.1, 0.15) is 40.8 Å². The number of hydrogen-bond donors (Lipinski definition) is 5. The van der Waals surface area contributed by atoms with Crippen molar-refractivity contribution in [2.45, 2.75) is 45.4 Å². The van der Waals surface area contributed by atoms with Crippen LogP contribution in [0.15, 0.2) is 146 Å². The number of allylic oxidation sites excluding steroid dienone is 1. The molecule has 0 aliphatic carbocycles. The number of thiazole rings is 3. The van der Waals surface area contributed by atoms with Gasteiger partial charge in [0.2, 0.25) is 17.1 Å². The van der Waals surface area contributed by atoms with Crippen LogP contribution in [-0.2, 0) is 59.1 Å². The van der Waals surface area contributed by atoms with Crippen molar-refractivity contribution in [3.05, 3.63) is 214 Å². The molecule has 29 nitrogen and oxygen atoms in total. The van der Waals surface area contributed by atoms with Crippen LogP contribution in [0, 0.1) is 53.7 Å². The van der Waals surface area contributed by atoms with E-state index in [1.165, 1.54) is 76.9 Å². The van der Waals surface area contributed by atoms with Gasteiger partial charge in [0, 0.05) is 98.7 Å². The fourth-order valence-corrected chi connectivity index (χ4v) is 15.3. The number of nitrogens with two attached hydrogens (primary N) is 3. The molecule has 8 aromatic heterocycles. The maximum Gasteiger partial charge on any atom is 1.00 e. The van der Waals surface area contributed by atoms with Crippen molar-refractivity contribution in [3.8, 4) is 72.4 Å². The molecule has 3 aromatic carbocycles. The number of nitrogen functional groups attached to an aromatic ring is 3. The van der Waals surface area contributed by atoms with E-state index < -0.39 is 5.97 Å². The van der Waals surface area contributed by atoms with Crippen LogP contribution in [-0.4, -0.2) is 128 Å². The van der Waals surface area contributed by atoms with Gasteiger partial charge in [-0.3, -0.25) is 28.7 Å². The van der Waals surface area contributed by atoms with Gasteiger partial charge < -0.3 is 48.5 Å². The number of esters is 2. The number of thioether (sulfide) groups is 3. The standard InChI is InChI=1S/C23H16ClN7O2S2.C22H16ClN7OS2.C21H13ClN6S2.C3H5BrO2.C2H5IO.CH2O3.2Cs.H/c1-27-20-19(17-7-8-31(30-17)10-18(32)33-2)16(9-25)23(29-21(20)26)35-12-15-11-34-22(28-15)13-3-5-14(24)6-4-13;1-26-19-18(17-6-7-30(29-17)8-9-31)16(10-24)22(28-20(19)25)33-12-15-11-32-21(27-15)13-2-4-14(23)5-3-13;1-25-18-17(16-3-2-8-26-16)15(9-23)21(28-19(18)24)30-11-14-10-29-20(27-14)12-4-6-13(22)7-5-12;1-6-3(5)2-4;3-1-2-4;2-1-4-3;;;/h3-8,11H,10,12H2,2H3,(H2,26,29);2-7,11,31H,8-9,12H2,(H2,25,28);2-7,10H,8,11H2,(H2,24,28);2H2,1H3;4H,1-2H2;1,3H;;;/q;;;;;;2*+1;-1/p-1. The molecule has 0 atom stereocenters. The minimum Gasteiger partial charge on any atom is -1.00 e. The summed E-state index contributed by atoms with van der Waals surface area (Å²) in [5.74, 6) is 0.860. The number of nitriles is 3. The van der Waals surface area contributed by atoms with Crippen molar-refractivity contribution in [1.82, 2.24) is 49.5 Å². The zero-order chi connectivity index (χ0) is 81.2. The van der Waals surface area contributed by atoms with E-state index in [0.29, 0.717) is 101 Å². The number of aliphatic hydroxyl groups excluding tert-OH is 2. The number of methoxy groups -OCH3 is 2. The number of carbonyl (C=O) groups excluding carboxylic acids is 3. The number of anilines is 3. The van der Waals surface area contributed by atoms with Gasteiger partial charge in [0.05, 0.1) is 111 Å². The van der Waals surface area contributed by atoms with Crippen LogP contribution >= 0.6 is 143 Å². The Labute approximate surface area is 834 Å². The third-order valence-corrected chi connectivity index (χ3v) is 21.7. The van der Waals surface area contributed by atoms with Crippen molar-refractivity contribution in [3.63, 3.8) is 0 Å². The summed E-state index contributed by atoms with van der Waals surface area (Å²) in [5.41, 5.74) is 27.1. The number of nitrogens with zero attached hydrogens (tertiary/aromatic N) is 17. The maximum atomic E-state index is 11.6. The fourth-order valence-electron chi connectivity index (χ4n) is 9.24. The SMILES string of the molecule is COC(=O)CBr.O=CO[O-].OCCI.[C-]#[N+]c1c(N)nc(SCc2csc(-c3ccc(Cl)cc3)n2)c(C#N)c1-c1ccn(CC(=O)OC)n1.[C-]#[N+]c1c(N)nc(SCc2csc(-c3ccc(Cl)cc3)n2)c(C#N)c1-c1ccn(CCO)n1.[C-]#[N+]c1c(N)nc(SCc2csc(-c3ccc(Cl)cc3)n2)c(C#N)c1C1=NCC=C1.[Cs+].[Cs+].[H-]. The molecule has 0 unspecified atom stereocenters. The van der Waals surface area contributed by atoms with Crippen LogP contribution in [0.5, 0.6) is 0 Å². The topological polar surface area (TPSA) is 430 Å². The third-order valence-electron chi connectivity index (χ3n) is 14.2. The Balaban J connectivity index is 0.000000331. The Bertz CT molecular complexity index is 5470. The van der Waals surface area contributed by atoms with Crippen molar-refractivity contribution in [2.24, 2.45) is 4.99 Å². The summed E-state index contributed by atoms with van der Waals surface area (Å²) in [6.07, 6.45) is 6.92. The summed E-state index contributed by atoms with van der Waals surface area (Å²) in [6.45, 7) is 23.3. The number of alkyl halides is 2. The average molecular weight is 2120 g/mol. The number of benzene rings is 3. The zero-order valence-corrected chi connectivity index (χ0v) is 83.7. The molecule has 572 valence electrons. The fraction of sp³-hybridized carbons (Fsp3) is 0.167. The van der Waals surface area contributed by atoms with E-state index in [0.717, 1.165) is 53.2 Å². The van der Waals surface area contributed by atoms with Gasteiger partial charge in [-0.25, -0.2) is 44.4 Å². The number of aromatic nitrogens is 10. The molecule has 0 bridgehead atoms. The number of ether oxygens (including phenoxy) is 2. The Kier molecular flexibility index (Phi) is 44.6. The predicted molar refractivity (Wildman–Crippen MR) is 447 cm³/mol. The van der Waals surface area contributed by atoms with Crippen LogP contribution in [0.4, 0.5) is 34.5 Å². The number of aliphatic hydroxyl groups is 2. The normalized spacial score (nSPS) is 10.4. The van der Waals surface area contributed by atoms with E-state index in [4.69, 9.17) is 92.0 Å². The molecule has 114 heavy (non-hydrogen) atoms. The first-order valence-corrected chi connectivity index (χ1v) is 40.9. The Hall–Kier alpha value is -6.31. The zero-order valence-electron chi connectivity index (χ0n) is 61.2. The summed E-state index contributed by atoms with van der Waals surface area (Å²) in [7, 11) is 2.63. The molecule has 0 saturated heterocycles. The van der Waals surface area contributed by atoms with E-state index in [9.17, 15) is 25.4 Å². The molecule has 11 aromatic rings. The summed E-state index contributed by atoms with van der Waals surface area (Å²) in [5, 5.41) is 75.8. The van der Waals surface area contributed by atoms with Gasteiger partial charge in [0.15, 0.2) is 0 Å². The van der Waals surface area contributed by atoms with Gasteiger partial charge in [-0.05, 0) is 54.6 Å². The summed E-state index contributed by atoms with van der Waals surface area (Å²) < 4.78 is 12.6. The second kappa shape index (κ2) is 51.8. The third kappa shape index (κ3) is 28.5. The van der Waals surface area contributed by atoms with Gasteiger partial charge in [-0.2, -0.15) is 26.0 Å². The maximum absolute atomic E-state index is 11.6. The number of halogens is 5. The molecule has 1 aliphatic rings. The molecular formula is C72H57BrCl3Cs2IN20O9S6. The van der Waals surface area contributed by atoms with Gasteiger partial charge in [0.1, 0.15) is 77.6 Å². The van der Waals surface area contributed by atoms with E-state index in [-0.39, 0.29) is 221 Å². The minimum atomic E-state index is -0.475. The van der Waals surface area contributed by atoms with Crippen LogP contribution in [0.2, 0.25) is 15.1 Å². The van der Waals surface area contributed by atoms with Crippen LogP contribution in [0.25, 0.3) is 68.8 Å². The number of aliphatic imine (C=N–C) groups is 1. The molecule has 1 aliphatic heterocycles. The molecule has 0 amide bonds. The predicted octanol–water partition coefficient (Wildman–Crippen LogP) is 9.24. The van der Waals surface area contributed by atoms with E-state index in [1.54, 1.807) is 46.6 Å². The van der Waals surface area contributed by atoms with E-state index in [2.05, 4.69) is 131 Å². The van der Waals surface area contributed by atoms with Gasteiger partial charge in [-0.15, -0.1) is 34.0 Å². The van der Waals surface area contributed by atoms with E-state index >= 15 is 0 Å². The van der Waals surface area contributed by atoms with Gasteiger partial charge in [0.25, 0.3) is 6.47 Å². The Morgan fingerprint density at radius 2 is 0.974 bits per heavy atom. The first-order chi connectivity index (χ1) is 54.2. The smallest absolute Gasteiger partial charge is 1.00 e. The van der Waals surface area contributed by atoms with E-state index in [1.807, 2.05) is 95.0 Å². The number of hydrogen-bond acceptors (Lipinski definition) is 30. The summed E-state index contributed by atoms with van der Waals surface area (Å²) >= 11 is 31.4. The number of rotatable bonds is 22. The number of carbonyl (C=O) groups is 3. The molecule has 0 saturated carbocycles. The monoisotopic (exact) mass is 2110 g/mol. The molecule has 42 heteroatoms. The molecular weight excluding hydrogens is 2060 g/mol. The Morgan fingerprint density at radius 3 is 1.27 bits per heavy atom. The quantitative estimate of drug-likeness (QED) is 0.00616. The molecule has 12 rings (SSSR count). The molecule has 9 heterocycles. The van der Waals surface area contributed by atoms with Crippen molar-refractivity contribution in [1.29, 1.82) is 15.8 Å². The Morgan fingerprint density at radius 1 is 0.623 bits per heavy atom. The number of pyridine rings is 3. The molecule has 8 N–H and O–H groups in total.